The van der Waals surface area contributed by atoms with E-state index < -0.39 is 6.03 Å². The molecule has 4 rings (SSSR count). The Morgan fingerprint density at radius 3 is 2.89 bits per heavy atom. The van der Waals surface area contributed by atoms with Gasteiger partial charge in [-0.1, -0.05) is 16.5 Å². The fraction of sp³-hybridized carbons (Fsp3) is 0.312. The van der Waals surface area contributed by atoms with Gasteiger partial charge in [-0.15, -0.1) is 0 Å². The summed E-state index contributed by atoms with van der Waals surface area (Å²) in [4.78, 5) is 28.2. The summed E-state index contributed by atoms with van der Waals surface area (Å²) in [5.41, 5.74) is 0.964. The summed E-state index contributed by atoms with van der Waals surface area (Å²) in [5, 5.41) is 9.44. The van der Waals surface area contributed by atoms with Crippen LogP contribution in [0.25, 0.3) is 0 Å². The summed E-state index contributed by atoms with van der Waals surface area (Å²) in [6, 6.07) is 3.13. The lowest BCUT2D eigenvalue weighted by molar-refractivity contribution is 0.262. The van der Waals surface area contributed by atoms with Gasteiger partial charge in [-0.25, -0.2) is 9.78 Å². The Morgan fingerprint density at radius 1 is 1.25 bits per heavy atom. The maximum absolute atomic E-state index is 12.0. The molecule has 11 nitrogen and oxygen atoms in total. The lowest BCUT2D eigenvalue weighted by atomic mass is 10.2. The van der Waals surface area contributed by atoms with Crippen LogP contribution < -0.4 is 25.0 Å². The van der Waals surface area contributed by atoms with Crippen LogP contribution >= 0.6 is 11.3 Å². The van der Waals surface area contributed by atoms with Crippen LogP contribution in [-0.2, 0) is 13.0 Å². The van der Waals surface area contributed by atoms with E-state index in [2.05, 4.69) is 40.2 Å². The predicted molar refractivity (Wildman–Crippen MR) is 101 cm³/mol. The standard InChI is InChI=1S/C16H17N7O4S/c1-25-13-7-12(19-15(20-13)26-2)23-5-3-9-10(8-23)28-16(17-9)21-14(24)18-11-4-6-27-22-11/h4,6-7H,3,5,8H2,1-2H3,(H2,17,18,21,22,24). The molecular formula is C16H17N7O4S. The number of thiazole rings is 1. The number of carbonyl (C=O) groups excluding carboxylic acids is 1. The summed E-state index contributed by atoms with van der Waals surface area (Å²) in [7, 11) is 3.06. The third-order valence-corrected chi connectivity index (χ3v) is 5.01. The molecule has 0 fully saturated rings. The molecule has 1 aliphatic heterocycles. The Hall–Kier alpha value is -3.41. The number of rotatable bonds is 5. The zero-order chi connectivity index (χ0) is 19.5. The molecule has 0 bridgehead atoms. The minimum atomic E-state index is -0.429. The molecule has 3 aromatic rings. The molecule has 2 amide bonds. The minimum absolute atomic E-state index is 0.247. The number of urea groups is 1. The molecule has 2 N–H and O–H groups in total. The highest BCUT2D eigenvalue weighted by Gasteiger charge is 2.23. The van der Waals surface area contributed by atoms with Crippen LogP contribution in [0.5, 0.6) is 11.9 Å². The van der Waals surface area contributed by atoms with Crippen molar-refractivity contribution in [2.75, 3.05) is 36.3 Å². The number of hydrogen-bond donors (Lipinski definition) is 2. The number of hydrogen-bond acceptors (Lipinski definition) is 10. The molecule has 28 heavy (non-hydrogen) atoms. The number of ether oxygens (including phenoxy) is 2. The highest BCUT2D eigenvalue weighted by molar-refractivity contribution is 7.15. The number of carbonyl (C=O) groups is 1. The van der Waals surface area contributed by atoms with E-state index in [4.69, 9.17) is 9.47 Å². The van der Waals surface area contributed by atoms with Gasteiger partial charge in [0.25, 0.3) is 0 Å². The average Bonchev–Trinajstić information content (AvgIpc) is 3.35. The zero-order valence-corrected chi connectivity index (χ0v) is 15.9. The fourth-order valence-electron chi connectivity index (χ4n) is 2.72. The normalized spacial score (nSPS) is 13.0. The van der Waals surface area contributed by atoms with Gasteiger partial charge in [-0.2, -0.15) is 9.97 Å². The Bertz CT molecular complexity index is 953. The number of nitrogens with one attached hydrogen (secondary N) is 2. The SMILES string of the molecule is COc1cc(N2CCc3nc(NC(=O)Nc4ccon4)sc3C2)nc(OC)n1. The maximum Gasteiger partial charge on any atom is 0.326 e. The van der Waals surface area contributed by atoms with Gasteiger partial charge in [0, 0.05) is 30.0 Å². The van der Waals surface area contributed by atoms with E-state index in [1.54, 1.807) is 19.2 Å². The second-order valence-electron chi connectivity index (χ2n) is 5.78. The topological polar surface area (TPSA) is 128 Å². The minimum Gasteiger partial charge on any atom is -0.481 e. The van der Waals surface area contributed by atoms with Crippen molar-refractivity contribution in [3.63, 3.8) is 0 Å². The lowest BCUT2D eigenvalue weighted by Gasteiger charge is -2.27. The van der Waals surface area contributed by atoms with E-state index >= 15 is 0 Å². The number of aromatic nitrogens is 4. The second-order valence-corrected chi connectivity index (χ2v) is 6.86. The molecule has 1 aliphatic rings. The smallest absolute Gasteiger partial charge is 0.326 e. The van der Waals surface area contributed by atoms with Crippen LogP contribution in [0.3, 0.4) is 0 Å². The van der Waals surface area contributed by atoms with Crippen molar-refractivity contribution in [2.24, 2.45) is 0 Å². The zero-order valence-electron chi connectivity index (χ0n) is 15.1. The quantitative estimate of drug-likeness (QED) is 0.658. The molecule has 0 atom stereocenters. The van der Waals surface area contributed by atoms with Gasteiger partial charge >= 0.3 is 12.0 Å². The van der Waals surface area contributed by atoms with Gasteiger partial charge in [0.05, 0.1) is 26.5 Å². The molecule has 0 saturated heterocycles. The summed E-state index contributed by atoms with van der Waals surface area (Å²) in [5.74, 6) is 1.47. The lowest BCUT2D eigenvalue weighted by Crippen LogP contribution is -2.30. The van der Waals surface area contributed by atoms with E-state index in [1.807, 2.05) is 0 Å². The molecule has 0 spiro atoms. The summed E-state index contributed by atoms with van der Waals surface area (Å²) in [6.07, 6.45) is 2.11. The van der Waals surface area contributed by atoms with Gasteiger partial charge in [-0.05, 0) is 0 Å². The highest BCUT2D eigenvalue weighted by atomic mass is 32.1. The highest BCUT2D eigenvalue weighted by Crippen LogP contribution is 2.31. The maximum atomic E-state index is 12.0. The van der Waals surface area contributed by atoms with Crippen LogP contribution in [0, 0.1) is 0 Å². The van der Waals surface area contributed by atoms with Crippen LogP contribution in [0.2, 0.25) is 0 Å². The second kappa shape index (κ2) is 7.68. The monoisotopic (exact) mass is 403 g/mol. The average molecular weight is 403 g/mol. The first-order valence-electron chi connectivity index (χ1n) is 8.33. The van der Waals surface area contributed by atoms with E-state index in [-0.39, 0.29) is 6.01 Å². The molecule has 3 aromatic heterocycles. The van der Waals surface area contributed by atoms with E-state index in [0.717, 1.165) is 23.5 Å². The number of fused-ring (bicyclic) bond motifs is 1. The number of nitrogens with zero attached hydrogens (tertiary/aromatic N) is 5. The summed E-state index contributed by atoms with van der Waals surface area (Å²) < 4.78 is 15.0. The molecule has 4 heterocycles. The van der Waals surface area contributed by atoms with Gasteiger partial charge in [0.1, 0.15) is 12.1 Å². The van der Waals surface area contributed by atoms with Crippen LogP contribution in [0.15, 0.2) is 22.9 Å². The number of methoxy groups -OCH3 is 2. The molecule has 146 valence electrons. The molecular weight excluding hydrogens is 386 g/mol. The van der Waals surface area contributed by atoms with Crippen LogP contribution in [0.1, 0.15) is 10.6 Å². The van der Waals surface area contributed by atoms with Gasteiger partial charge in [0.2, 0.25) is 5.88 Å². The number of amides is 2. The van der Waals surface area contributed by atoms with E-state index in [0.29, 0.717) is 29.2 Å². The van der Waals surface area contributed by atoms with Crippen LogP contribution in [-0.4, -0.2) is 46.9 Å². The molecule has 12 heteroatoms. The van der Waals surface area contributed by atoms with Crippen molar-refractivity contribution in [1.82, 2.24) is 20.1 Å². The van der Waals surface area contributed by atoms with Gasteiger partial charge in [0.15, 0.2) is 10.9 Å². The first kappa shape index (κ1) is 18.0. The Labute approximate surface area is 163 Å². The number of anilines is 3. The largest absolute Gasteiger partial charge is 0.481 e. The third-order valence-electron chi connectivity index (χ3n) is 4.02. The fourth-order valence-corrected chi connectivity index (χ4v) is 3.74. The Morgan fingerprint density at radius 2 is 2.14 bits per heavy atom. The van der Waals surface area contributed by atoms with Crippen molar-refractivity contribution in [3.8, 4) is 11.9 Å². The van der Waals surface area contributed by atoms with Crippen molar-refractivity contribution in [2.45, 2.75) is 13.0 Å². The van der Waals surface area contributed by atoms with Crippen molar-refractivity contribution in [1.29, 1.82) is 0 Å². The first-order valence-corrected chi connectivity index (χ1v) is 9.15. The van der Waals surface area contributed by atoms with Crippen molar-refractivity contribution in [3.05, 3.63) is 29.0 Å². The Balaban J connectivity index is 1.46. The Kier molecular flexibility index (Phi) is 4.93. The molecule has 0 radical (unpaired) electrons. The van der Waals surface area contributed by atoms with E-state index in [9.17, 15) is 4.79 Å². The van der Waals surface area contributed by atoms with Gasteiger partial charge < -0.3 is 18.9 Å². The summed E-state index contributed by atoms with van der Waals surface area (Å²) in [6.45, 7) is 1.34. The third kappa shape index (κ3) is 3.81. The predicted octanol–water partition coefficient (Wildman–Crippen LogP) is 2.14. The molecule has 0 saturated carbocycles. The molecule has 0 unspecified atom stereocenters. The first-order chi connectivity index (χ1) is 13.6. The van der Waals surface area contributed by atoms with Crippen molar-refractivity contribution < 1.29 is 18.8 Å². The van der Waals surface area contributed by atoms with Crippen LogP contribution in [0.4, 0.5) is 21.6 Å². The molecule has 0 aliphatic carbocycles. The van der Waals surface area contributed by atoms with E-state index in [1.165, 1.54) is 24.7 Å². The van der Waals surface area contributed by atoms with Gasteiger partial charge in [-0.3, -0.25) is 10.6 Å². The molecule has 0 aromatic carbocycles. The summed E-state index contributed by atoms with van der Waals surface area (Å²) >= 11 is 1.42. The van der Waals surface area contributed by atoms with Crippen molar-refractivity contribution >= 4 is 34.1 Å².